The topological polar surface area (TPSA) is 122 Å². The van der Waals surface area contributed by atoms with E-state index >= 15 is 0 Å². The number of aliphatic carboxylic acids is 1. The molecule has 0 bridgehead atoms. The van der Waals surface area contributed by atoms with Crippen molar-refractivity contribution in [3.8, 4) is 0 Å². The number of nitrogens with zero attached hydrogens (tertiary/aromatic N) is 5. The SMILES string of the molecule is CCCc1nnn([C@H]2C[C@@H](C(=O)OCC)N(CC3CC[C@H]4CNC(C(=O)O)CC4C3)C2)n1.Cl.Cl. The van der Waals surface area contributed by atoms with E-state index in [2.05, 4.69) is 32.6 Å². The van der Waals surface area contributed by atoms with Gasteiger partial charge in [0.25, 0.3) is 0 Å². The third-order valence-electron chi connectivity index (χ3n) is 7.41. The maximum absolute atomic E-state index is 12.7. The molecular weight excluding hydrogens is 483 g/mol. The molecule has 34 heavy (non-hydrogen) atoms. The molecule has 3 fully saturated rings. The lowest BCUT2D eigenvalue weighted by atomic mass is 9.69. The van der Waals surface area contributed by atoms with E-state index in [1.807, 2.05) is 6.92 Å². The van der Waals surface area contributed by atoms with E-state index in [0.717, 1.165) is 51.0 Å². The van der Waals surface area contributed by atoms with Crippen LogP contribution >= 0.6 is 24.8 Å². The normalized spacial score (nSPS) is 31.1. The van der Waals surface area contributed by atoms with E-state index in [1.54, 1.807) is 4.80 Å². The lowest BCUT2D eigenvalue weighted by Gasteiger charge is -2.42. The van der Waals surface area contributed by atoms with Gasteiger partial charge in [0, 0.05) is 19.5 Å². The Bertz CT molecular complexity index is 812. The molecule has 1 saturated carbocycles. The molecule has 10 nitrogen and oxygen atoms in total. The first kappa shape index (κ1) is 28.7. The number of halogens is 2. The molecule has 0 aromatic carbocycles. The minimum Gasteiger partial charge on any atom is -0.480 e. The van der Waals surface area contributed by atoms with Crippen molar-refractivity contribution in [2.75, 3.05) is 26.2 Å². The number of aryl methyl sites for hydroxylation is 1. The van der Waals surface area contributed by atoms with Gasteiger partial charge in [0.1, 0.15) is 12.1 Å². The molecule has 2 N–H and O–H groups in total. The third-order valence-corrected chi connectivity index (χ3v) is 7.41. The summed E-state index contributed by atoms with van der Waals surface area (Å²) in [6.45, 7) is 6.61. The largest absolute Gasteiger partial charge is 0.480 e. The van der Waals surface area contributed by atoms with Gasteiger partial charge in [-0.2, -0.15) is 4.80 Å². The molecule has 0 spiro atoms. The van der Waals surface area contributed by atoms with Crippen LogP contribution < -0.4 is 5.32 Å². The summed E-state index contributed by atoms with van der Waals surface area (Å²) < 4.78 is 5.38. The molecular formula is C22H38Cl2N6O4. The number of hydrogen-bond donors (Lipinski definition) is 2. The van der Waals surface area contributed by atoms with Crippen molar-refractivity contribution >= 4 is 36.8 Å². The van der Waals surface area contributed by atoms with Crippen LogP contribution in [0.25, 0.3) is 0 Å². The molecule has 6 atom stereocenters. The zero-order chi connectivity index (χ0) is 22.7. The maximum Gasteiger partial charge on any atom is 0.323 e. The second-order valence-electron chi connectivity index (χ2n) is 9.62. The van der Waals surface area contributed by atoms with Crippen molar-refractivity contribution in [3.63, 3.8) is 0 Å². The average Bonchev–Trinajstić information content (AvgIpc) is 3.41. The van der Waals surface area contributed by atoms with E-state index in [9.17, 15) is 14.7 Å². The van der Waals surface area contributed by atoms with Crippen LogP contribution in [0, 0.1) is 17.8 Å². The fraction of sp³-hybridized carbons (Fsp3) is 0.864. The molecule has 4 rings (SSSR count). The number of tetrazole rings is 1. The third kappa shape index (κ3) is 6.59. The number of carboxylic acids is 1. The molecule has 0 radical (unpaired) electrons. The fourth-order valence-corrected chi connectivity index (χ4v) is 5.81. The summed E-state index contributed by atoms with van der Waals surface area (Å²) in [6, 6.07) is -0.721. The van der Waals surface area contributed by atoms with E-state index in [4.69, 9.17) is 4.74 Å². The van der Waals surface area contributed by atoms with E-state index in [1.165, 1.54) is 0 Å². The van der Waals surface area contributed by atoms with Crippen LogP contribution in [0.4, 0.5) is 0 Å². The van der Waals surface area contributed by atoms with Crippen LogP contribution in [0.5, 0.6) is 0 Å². The van der Waals surface area contributed by atoms with Crippen molar-refractivity contribution in [2.24, 2.45) is 17.8 Å². The first-order valence-corrected chi connectivity index (χ1v) is 12.1. The highest BCUT2D eigenvalue weighted by molar-refractivity contribution is 5.85. The van der Waals surface area contributed by atoms with Crippen molar-refractivity contribution in [1.82, 2.24) is 30.4 Å². The minimum absolute atomic E-state index is 0. The highest BCUT2D eigenvalue weighted by Gasteiger charge is 2.43. The van der Waals surface area contributed by atoms with Gasteiger partial charge in [0.05, 0.1) is 12.6 Å². The molecule has 1 aromatic rings. The van der Waals surface area contributed by atoms with Crippen LogP contribution in [0.3, 0.4) is 0 Å². The first-order valence-electron chi connectivity index (χ1n) is 12.1. The van der Waals surface area contributed by atoms with Gasteiger partial charge >= 0.3 is 11.9 Å². The number of carbonyl (C=O) groups is 2. The Balaban J connectivity index is 0.00000204. The lowest BCUT2D eigenvalue weighted by molar-refractivity contribution is -0.149. The molecule has 12 heteroatoms. The average molecular weight is 521 g/mol. The summed E-state index contributed by atoms with van der Waals surface area (Å²) >= 11 is 0. The summed E-state index contributed by atoms with van der Waals surface area (Å²) in [5.74, 6) is 1.27. The summed E-state index contributed by atoms with van der Waals surface area (Å²) in [5.41, 5.74) is 0. The minimum atomic E-state index is -0.752. The van der Waals surface area contributed by atoms with Gasteiger partial charge in [-0.1, -0.05) is 6.92 Å². The monoisotopic (exact) mass is 520 g/mol. The van der Waals surface area contributed by atoms with Crippen LogP contribution in [-0.4, -0.2) is 80.5 Å². The second kappa shape index (κ2) is 13.0. The number of fused-ring (bicyclic) bond motifs is 1. The molecule has 1 aromatic heterocycles. The van der Waals surface area contributed by atoms with Crippen LogP contribution in [0.15, 0.2) is 0 Å². The number of aromatic nitrogens is 4. The predicted molar refractivity (Wildman–Crippen MR) is 130 cm³/mol. The van der Waals surface area contributed by atoms with Gasteiger partial charge in [-0.3, -0.25) is 14.5 Å². The van der Waals surface area contributed by atoms with Gasteiger partial charge in [0.2, 0.25) is 0 Å². The smallest absolute Gasteiger partial charge is 0.323 e. The highest BCUT2D eigenvalue weighted by Crippen LogP contribution is 2.40. The number of nitrogens with one attached hydrogen (secondary N) is 1. The molecule has 194 valence electrons. The Hall–Kier alpha value is -1.49. The van der Waals surface area contributed by atoms with Gasteiger partial charge in [-0.25, -0.2) is 0 Å². The van der Waals surface area contributed by atoms with Crippen LogP contribution in [0.2, 0.25) is 0 Å². The number of carbonyl (C=O) groups excluding carboxylic acids is 1. The quantitative estimate of drug-likeness (QED) is 0.496. The zero-order valence-corrected chi connectivity index (χ0v) is 21.6. The number of likely N-dealkylation sites (tertiary alicyclic amines) is 1. The number of ether oxygens (including phenoxy) is 1. The summed E-state index contributed by atoms with van der Waals surface area (Å²) in [7, 11) is 0. The van der Waals surface area contributed by atoms with Crippen molar-refractivity contribution in [3.05, 3.63) is 5.82 Å². The Morgan fingerprint density at radius 1 is 1.15 bits per heavy atom. The Kier molecular flexibility index (Phi) is 11.0. The Morgan fingerprint density at radius 3 is 2.65 bits per heavy atom. The molecule has 3 heterocycles. The predicted octanol–water partition coefficient (Wildman–Crippen LogP) is 2.13. The van der Waals surface area contributed by atoms with E-state index < -0.39 is 12.0 Å². The van der Waals surface area contributed by atoms with E-state index in [0.29, 0.717) is 43.7 Å². The summed E-state index contributed by atoms with van der Waals surface area (Å²) in [4.78, 5) is 28.1. The number of esters is 1. The maximum atomic E-state index is 12.7. The number of carboxylic acid groups (broad SMARTS) is 1. The summed E-state index contributed by atoms with van der Waals surface area (Å²) in [6.07, 6.45) is 6.34. The molecule has 1 aliphatic carbocycles. The van der Waals surface area contributed by atoms with Gasteiger partial charge in [-0.15, -0.1) is 35.0 Å². The summed E-state index contributed by atoms with van der Waals surface area (Å²) in [5, 5.41) is 25.5. The Morgan fingerprint density at radius 2 is 1.94 bits per heavy atom. The number of rotatable bonds is 8. The highest BCUT2D eigenvalue weighted by atomic mass is 35.5. The standard InChI is InChI=1S/C22H36N6O4.2ClH/c1-3-5-20-24-26-28(25-20)17-10-19(22(31)32-4-2)27(13-17)12-14-6-7-15-11-23-18(21(29)30)9-16(15)8-14;;/h14-19,23H,3-13H2,1-2H3,(H,29,30);2*1H/t14?,15-,16?,17-,18?,19-;;/m0../s1. The van der Waals surface area contributed by atoms with Gasteiger partial charge in [0.15, 0.2) is 5.82 Å². The molecule has 2 saturated heterocycles. The van der Waals surface area contributed by atoms with E-state index in [-0.39, 0.29) is 42.9 Å². The van der Waals surface area contributed by atoms with Crippen LogP contribution in [0.1, 0.15) is 64.2 Å². The number of piperidine rings is 1. The van der Waals surface area contributed by atoms with Gasteiger partial charge < -0.3 is 15.2 Å². The Labute approximate surface area is 213 Å². The molecule has 0 amide bonds. The molecule has 2 aliphatic heterocycles. The number of hydrogen-bond acceptors (Lipinski definition) is 8. The molecule has 3 aliphatic rings. The molecule has 3 unspecified atom stereocenters. The zero-order valence-electron chi connectivity index (χ0n) is 20.0. The lowest BCUT2D eigenvalue weighted by Crippen LogP contribution is -2.50. The second-order valence-corrected chi connectivity index (χ2v) is 9.62. The van der Waals surface area contributed by atoms with Crippen molar-refractivity contribution in [1.29, 1.82) is 0 Å². The van der Waals surface area contributed by atoms with Crippen molar-refractivity contribution < 1.29 is 19.4 Å². The van der Waals surface area contributed by atoms with Crippen LogP contribution in [-0.2, 0) is 20.7 Å². The van der Waals surface area contributed by atoms with Gasteiger partial charge in [-0.05, 0) is 75.0 Å². The van der Waals surface area contributed by atoms with Crippen molar-refractivity contribution in [2.45, 2.75) is 76.9 Å². The first-order chi connectivity index (χ1) is 15.5. The fourth-order valence-electron chi connectivity index (χ4n) is 5.81.